The van der Waals surface area contributed by atoms with Crippen LogP contribution in [0, 0.1) is 18.3 Å². The number of esters is 1. The summed E-state index contributed by atoms with van der Waals surface area (Å²) >= 11 is 1.22. The van der Waals surface area contributed by atoms with E-state index >= 15 is 0 Å². The zero-order valence-electron chi connectivity index (χ0n) is 19.0. The third-order valence-corrected chi connectivity index (χ3v) is 5.84. The van der Waals surface area contributed by atoms with E-state index in [0.717, 1.165) is 22.4 Å². The number of aryl methyl sites for hydroxylation is 1. The predicted molar refractivity (Wildman–Crippen MR) is 133 cm³/mol. The zero-order valence-corrected chi connectivity index (χ0v) is 19.8. The molecule has 0 atom stereocenters. The van der Waals surface area contributed by atoms with Crippen LogP contribution in [0.1, 0.15) is 28.4 Å². The summed E-state index contributed by atoms with van der Waals surface area (Å²) in [4.78, 5) is 27.6. The summed E-state index contributed by atoms with van der Waals surface area (Å²) < 4.78 is 5.24. The number of nitrogens with zero attached hydrogens (tertiary/aromatic N) is 2. The molecule has 2 aromatic carbocycles. The summed E-state index contributed by atoms with van der Waals surface area (Å²) in [6.07, 6.45) is 1.52. The number of nitrogens with one attached hydrogen (secondary N) is 1. The lowest BCUT2D eigenvalue weighted by molar-refractivity contribution is -0.112. The first kappa shape index (κ1) is 23.8. The van der Waals surface area contributed by atoms with Crippen molar-refractivity contribution in [1.29, 1.82) is 5.26 Å². The molecule has 6 nitrogen and oxygen atoms in total. The summed E-state index contributed by atoms with van der Waals surface area (Å²) in [6.45, 7) is 3.92. The molecule has 0 saturated heterocycles. The molecule has 3 aromatic rings. The quantitative estimate of drug-likeness (QED) is 0.286. The summed E-state index contributed by atoms with van der Waals surface area (Å²) in [6, 6.07) is 17.2. The van der Waals surface area contributed by atoms with Crippen LogP contribution in [0.25, 0.3) is 17.2 Å². The van der Waals surface area contributed by atoms with Crippen LogP contribution in [0.3, 0.4) is 0 Å². The van der Waals surface area contributed by atoms with Crippen molar-refractivity contribution >= 4 is 40.0 Å². The van der Waals surface area contributed by atoms with Gasteiger partial charge in [-0.2, -0.15) is 5.26 Å². The van der Waals surface area contributed by atoms with E-state index in [1.54, 1.807) is 6.92 Å². The molecule has 0 bridgehead atoms. The number of hydrogen-bond acceptors (Lipinski definition) is 6. The Kier molecular flexibility index (Phi) is 7.65. The van der Waals surface area contributed by atoms with E-state index < -0.39 is 11.9 Å². The van der Waals surface area contributed by atoms with Gasteiger partial charge in [0.1, 0.15) is 22.2 Å². The number of hydrogen-bond donors (Lipinski definition) is 1. The van der Waals surface area contributed by atoms with Crippen LogP contribution in [0.15, 0.2) is 59.5 Å². The SMILES string of the molecule is CCOC(=O)c1c(-c2ccc(C)cc2)csc1NC(=O)C(C#N)=Cc1ccc(N(C)C)cc1. The van der Waals surface area contributed by atoms with Crippen molar-refractivity contribution in [3.63, 3.8) is 0 Å². The predicted octanol–water partition coefficient (Wildman–Crippen LogP) is 5.51. The Labute approximate surface area is 197 Å². The molecule has 33 heavy (non-hydrogen) atoms. The van der Waals surface area contributed by atoms with E-state index in [9.17, 15) is 14.9 Å². The lowest BCUT2D eigenvalue weighted by atomic mass is 10.0. The standard InChI is InChI=1S/C26H25N3O3S/c1-5-32-26(31)23-22(19-10-6-17(2)7-11-19)16-33-25(23)28-24(30)20(15-27)14-18-8-12-21(13-9-18)29(3)4/h6-14,16H,5H2,1-4H3,(H,28,30). The van der Waals surface area contributed by atoms with Gasteiger partial charge in [-0.1, -0.05) is 42.0 Å². The highest BCUT2D eigenvalue weighted by Crippen LogP contribution is 2.36. The first-order valence-corrected chi connectivity index (χ1v) is 11.3. The fourth-order valence-corrected chi connectivity index (χ4v) is 4.11. The Balaban J connectivity index is 1.92. The van der Waals surface area contributed by atoms with E-state index in [1.165, 1.54) is 17.4 Å². The third-order valence-electron chi connectivity index (χ3n) is 4.95. The number of thiophene rings is 1. The Morgan fingerprint density at radius 1 is 1.12 bits per heavy atom. The van der Waals surface area contributed by atoms with Gasteiger partial charge in [0.25, 0.3) is 5.91 Å². The van der Waals surface area contributed by atoms with Crippen molar-refractivity contribution in [2.24, 2.45) is 0 Å². The number of anilines is 2. The van der Waals surface area contributed by atoms with Crippen molar-refractivity contribution in [3.05, 3.63) is 76.2 Å². The maximum absolute atomic E-state index is 12.9. The van der Waals surface area contributed by atoms with E-state index in [-0.39, 0.29) is 17.7 Å². The molecule has 0 spiro atoms. The van der Waals surface area contributed by atoms with Gasteiger partial charge in [-0.05, 0) is 43.2 Å². The number of benzene rings is 2. The number of ether oxygens (including phenoxy) is 1. The zero-order chi connectivity index (χ0) is 24.0. The number of rotatable bonds is 7. The highest BCUT2D eigenvalue weighted by atomic mass is 32.1. The first-order valence-electron chi connectivity index (χ1n) is 10.4. The van der Waals surface area contributed by atoms with Crippen LogP contribution in [0.2, 0.25) is 0 Å². The van der Waals surface area contributed by atoms with Gasteiger partial charge >= 0.3 is 5.97 Å². The second-order valence-electron chi connectivity index (χ2n) is 7.55. The minimum absolute atomic E-state index is 0.0623. The average Bonchev–Trinajstić information content (AvgIpc) is 3.21. The Morgan fingerprint density at radius 3 is 2.36 bits per heavy atom. The number of amides is 1. The van der Waals surface area contributed by atoms with Gasteiger partial charge < -0.3 is 15.0 Å². The molecule has 0 unspecified atom stereocenters. The van der Waals surface area contributed by atoms with Crippen molar-refractivity contribution in [2.45, 2.75) is 13.8 Å². The molecule has 1 heterocycles. The first-order chi connectivity index (χ1) is 15.8. The van der Waals surface area contributed by atoms with Crippen LogP contribution in [0.5, 0.6) is 0 Å². The van der Waals surface area contributed by atoms with Crippen LogP contribution >= 0.6 is 11.3 Å². The van der Waals surface area contributed by atoms with E-state index in [0.29, 0.717) is 10.6 Å². The molecule has 0 aliphatic carbocycles. The number of carbonyl (C=O) groups excluding carboxylic acids is 2. The molecule has 0 aliphatic heterocycles. The number of carbonyl (C=O) groups is 2. The van der Waals surface area contributed by atoms with Crippen molar-refractivity contribution in [1.82, 2.24) is 0 Å². The average molecular weight is 460 g/mol. The maximum atomic E-state index is 12.9. The Hall–Kier alpha value is -3.89. The Bertz CT molecular complexity index is 1220. The summed E-state index contributed by atoms with van der Waals surface area (Å²) in [7, 11) is 3.87. The van der Waals surface area contributed by atoms with E-state index in [2.05, 4.69) is 5.32 Å². The maximum Gasteiger partial charge on any atom is 0.341 e. The Morgan fingerprint density at radius 2 is 1.79 bits per heavy atom. The van der Waals surface area contributed by atoms with Gasteiger partial charge in [-0.3, -0.25) is 4.79 Å². The number of nitriles is 1. The van der Waals surface area contributed by atoms with Gasteiger partial charge in [0, 0.05) is 30.7 Å². The molecule has 3 rings (SSSR count). The molecule has 7 heteroatoms. The molecule has 0 saturated carbocycles. The van der Waals surface area contributed by atoms with E-state index in [4.69, 9.17) is 4.74 Å². The smallest absolute Gasteiger partial charge is 0.341 e. The lowest BCUT2D eigenvalue weighted by Crippen LogP contribution is -2.16. The van der Waals surface area contributed by atoms with Crippen LogP contribution in [-0.2, 0) is 9.53 Å². The minimum atomic E-state index is -0.586. The van der Waals surface area contributed by atoms with Crippen LogP contribution in [-0.4, -0.2) is 32.6 Å². The topological polar surface area (TPSA) is 82.4 Å². The molecular weight excluding hydrogens is 434 g/mol. The highest BCUT2D eigenvalue weighted by molar-refractivity contribution is 7.15. The molecular formula is C26H25N3O3S. The molecule has 1 amide bonds. The molecule has 0 aliphatic rings. The molecule has 1 N–H and O–H groups in total. The van der Waals surface area contributed by atoms with Gasteiger partial charge in [0.2, 0.25) is 0 Å². The molecule has 0 radical (unpaired) electrons. The third kappa shape index (κ3) is 5.68. The van der Waals surface area contributed by atoms with Gasteiger partial charge in [0.15, 0.2) is 0 Å². The summed E-state index contributed by atoms with van der Waals surface area (Å²) in [5.74, 6) is -1.11. The second-order valence-corrected chi connectivity index (χ2v) is 8.43. The summed E-state index contributed by atoms with van der Waals surface area (Å²) in [5.41, 5.74) is 4.58. The normalized spacial score (nSPS) is 10.9. The minimum Gasteiger partial charge on any atom is -0.462 e. The van der Waals surface area contributed by atoms with Crippen LogP contribution in [0.4, 0.5) is 10.7 Å². The van der Waals surface area contributed by atoms with Crippen molar-refractivity contribution < 1.29 is 14.3 Å². The second kappa shape index (κ2) is 10.6. The van der Waals surface area contributed by atoms with Gasteiger partial charge in [-0.15, -0.1) is 11.3 Å². The van der Waals surface area contributed by atoms with E-state index in [1.807, 2.05) is 85.9 Å². The monoisotopic (exact) mass is 459 g/mol. The van der Waals surface area contributed by atoms with Crippen LogP contribution < -0.4 is 10.2 Å². The summed E-state index contributed by atoms with van der Waals surface area (Å²) in [5, 5.41) is 14.5. The van der Waals surface area contributed by atoms with Crippen molar-refractivity contribution in [3.8, 4) is 17.2 Å². The highest BCUT2D eigenvalue weighted by Gasteiger charge is 2.23. The largest absolute Gasteiger partial charge is 0.462 e. The fourth-order valence-electron chi connectivity index (χ4n) is 3.16. The van der Waals surface area contributed by atoms with Gasteiger partial charge in [0.05, 0.1) is 6.61 Å². The molecule has 0 fully saturated rings. The van der Waals surface area contributed by atoms with Crippen molar-refractivity contribution in [2.75, 3.05) is 30.9 Å². The van der Waals surface area contributed by atoms with Gasteiger partial charge in [-0.25, -0.2) is 4.79 Å². The lowest BCUT2D eigenvalue weighted by Gasteiger charge is -2.12. The molecule has 1 aromatic heterocycles. The molecule has 168 valence electrons. The fraction of sp³-hybridized carbons (Fsp3) is 0.192.